The number of aromatic nitrogens is 1. The Morgan fingerprint density at radius 1 is 1.04 bits per heavy atom. The Balaban J connectivity index is 1.54. The van der Waals surface area contributed by atoms with Crippen LogP contribution in [0.3, 0.4) is 0 Å². The molecule has 1 aromatic carbocycles. The molecule has 0 unspecified atom stereocenters. The van der Waals surface area contributed by atoms with Crippen LogP contribution in [0.25, 0.3) is 5.52 Å². The number of fused-ring (bicyclic) bond motifs is 1. The molecule has 0 radical (unpaired) electrons. The second-order valence-corrected chi connectivity index (χ2v) is 7.80. The molecule has 0 spiro atoms. The number of carboxylic acids is 1. The van der Waals surface area contributed by atoms with Crippen molar-refractivity contribution < 1.29 is 9.90 Å². The third-order valence-electron chi connectivity index (χ3n) is 5.15. The van der Waals surface area contributed by atoms with E-state index < -0.39 is 11.5 Å². The van der Waals surface area contributed by atoms with Gasteiger partial charge in [0.1, 0.15) is 5.56 Å². The summed E-state index contributed by atoms with van der Waals surface area (Å²) in [6, 6.07) is 15.3. The lowest BCUT2D eigenvalue weighted by Crippen LogP contribution is -2.46. The van der Waals surface area contributed by atoms with E-state index in [9.17, 15) is 14.7 Å². The largest absolute Gasteiger partial charge is 0.477 e. The summed E-state index contributed by atoms with van der Waals surface area (Å²) >= 11 is 3.46. The molecule has 28 heavy (non-hydrogen) atoms. The fraction of sp³-hybridized carbons (Fsp3) is 0.238. The average molecular weight is 442 g/mol. The molecule has 1 aliphatic rings. The van der Waals surface area contributed by atoms with Crippen molar-refractivity contribution in [1.82, 2.24) is 9.30 Å². The molecule has 0 atom stereocenters. The Morgan fingerprint density at radius 2 is 1.75 bits per heavy atom. The molecule has 3 heterocycles. The van der Waals surface area contributed by atoms with Crippen LogP contribution < -0.4 is 10.5 Å². The van der Waals surface area contributed by atoms with Gasteiger partial charge in [-0.25, -0.2) is 4.79 Å². The highest BCUT2D eigenvalue weighted by Crippen LogP contribution is 2.21. The molecule has 3 aromatic rings. The maximum Gasteiger partial charge on any atom is 0.341 e. The SMILES string of the molecule is O=C(O)c1cc(CN2CCN(c3ccc(Br)cc3)CC2)c2ccccn2c1=O. The van der Waals surface area contributed by atoms with Crippen LogP contribution in [-0.4, -0.2) is 46.6 Å². The van der Waals surface area contributed by atoms with Crippen LogP contribution >= 0.6 is 15.9 Å². The van der Waals surface area contributed by atoms with Gasteiger partial charge in [0.25, 0.3) is 5.56 Å². The topological polar surface area (TPSA) is 65.3 Å². The summed E-state index contributed by atoms with van der Waals surface area (Å²) in [4.78, 5) is 28.5. The number of carboxylic acid groups (broad SMARTS) is 1. The van der Waals surface area contributed by atoms with Crippen LogP contribution in [0.5, 0.6) is 0 Å². The van der Waals surface area contributed by atoms with Gasteiger partial charge >= 0.3 is 5.97 Å². The number of benzene rings is 1. The number of carbonyl (C=O) groups is 1. The minimum absolute atomic E-state index is 0.188. The first-order chi connectivity index (χ1) is 13.5. The molecule has 7 heteroatoms. The van der Waals surface area contributed by atoms with Crippen molar-refractivity contribution in [3.05, 3.63) is 80.7 Å². The van der Waals surface area contributed by atoms with Crippen molar-refractivity contribution in [3.8, 4) is 0 Å². The summed E-state index contributed by atoms with van der Waals surface area (Å²) in [5, 5.41) is 9.40. The number of aromatic carboxylic acids is 1. The molecular weight excluding hydrogens is 422 g/mol. The van der Waals surface area contributed by atoms with E-state index in [0.29, 0.717) is 6.54 Å². The molecule has 144 valence electrons. The van der Waals surface area contributed by atoms with Crippen molar-refractivity contribution in [2.24, 2.45) is 0 Å². The zero-order valence-electron chi connectivity index (χ0n) is 15.2. The number of hydrogen-bond donors (Lipinski definition) is 1. The minimum Gasteiger partial charge on any atom is -0.477 e. The van der Waals surface area contributed by atoms with Gasteiger partial charge in [0.15, 0.2) is 0 Å². The maximum atomic E-state index is 12.4. The summed E-state index contributed by atoms with van der Waals surface area (Å²) in [6.45, 7) is 4.16. The Morgan fingerprint density at radius 3 is 2.43 bits per heavy atom. The lowest BCUT2D eigenvalue weighted by molar-refractivity contribution is 0.0694. The molecule has 1 saturated heterocycles. The lowest BCUT2D eigenvalue weighted by Gasteiger charge is -2.36. The van der Waals surface area contributed by atoms with E-state index in [2.05, 4.69) is 37.9 Å². The zero-order valence-corrected chi connectivity index (χ0v) is 16.8. The number of halogens is 1. The molecule has 0 bridgehead atoms. The van der Waals surface area contributed by atoms with Crippen LogP contribution in [0.1, 0.15) is 15.9 Å². The Bertz CT molecular complexity index is 1070. The first-order valence-corrected chi connectivity index (χ1v) is 9.91. The number of nitrogens with zero attached hydrogens (tertiary/aromatic N) is 3. The van der Waals surface area contributed by atoms with Crippen molar-refractivity contribution in [1.29, 1.82) is 0 Å². The fourth-order valence-corrected chi connectivity index (χ4v) is 3.92. The molecule has 1 N–H and O–H groups in total. The van der Waals surface area contributed by atoms with E-state index in [4.69, 9.17) is 0 Å². The van der Waals surface area contributed by atoms with Gasteiger partial charge in [-0.05, 0) is 48.0 Å². The Hall–Kier alpha value is -2.64. The first-order valence-electron chi connectivity index (χ1n) is 9.12. The van der Waals surface area contributed by atoms with Crippen molar-refractivity contribution >= 4 is 33.1 Å². The van der Waals surface area contributed by atoms with E-state index in [1.165, 1.54) is 16.2 Å². The van der Waals surface area contributed by atoms with Crippen LogP contribution in [0, 0.1) is 0 Å². The molecule has 0 saturated carbocycles. The molecule has 2 aromatic heterocycles. The second kappa shape index (κ2) is 7.77. The van der Waals surface area contributed by atoms with E-state index in [-0.39, 0.29) is 5.56 Å². The third kappa shape index (κ3) is 3.68. The molecule has 1 aliphatic heterocycles. The Kier molecular flexibility index (Phi) is 5.19. The third-order valence-corrected chi connectivity index (χ3v) is 5.67. The summed E-state index contributed by atoms with van der Waals surface area (Å²) in [5.41, 5.74) is 2.13. The highest BCUT2D eigenvalue weighted by molar-refractivity contribution is 9.10. The molecule has 0 aliphatic carbocycles. The first kappa shape index (κ1) is 18.7. The van der Waals surface area contributed by atoms with Crippen LogP contribution in [0.15, 0.2) is 64.0 Å². The smallest absolute Gasteiger partial charge is 0.341 e. The van der Waals surface area contributed by atoms with Crippen LogP contribution in [-0.2, 0) is 6.54 Å². The fourth-order valence-electron chi connectivity index (χ4n) is 3.66. The monoisotopic (exact) mass is 441 g/mol. The van der Waals surface area contributed by atoms with Gasteiger partial charge in [-0.1, -0.05) is 22.0 Å². The normalized spacial score (nSPS) is 15.1. The number of piperazine rings is 1. The molecular formula is C21H20BrN3O3. The highest BCUT2D eigenvalue weighted by atomic mass is 79.9. The van der Waals surface area contributed by atoms with E-state index in [0.717, 1.165) is 41.7 Å². The van der Waals surface area contributed by atoms with E-state index in [1.807, 2.05) is 24.3 Å². The molecule has 0 amide bonds. The van der Waals surface area contributed by atoms with Crippen molar-refractivity contribution in [2.75, 3.05) is 31.1 Å². The quantitative estimate of drug-likeness (QED) is 0.673. The van der Waals surface area contributed by atoms with E-state index in [1.54, 1.807) is 12.3 Å². The molecule has 4 rings (SSSR count). The number of pyridine rings is 2. The van der Waals surface area contributed by atoms with Gasteiger partial charge in [-0.3, -0.25) is 14.1 Å². The Labute approximate surface area is 170 Å². The van der Waals surface area contributed by atoms with Gasteiger partial charge in [0, 0.05) is 49.1 Å². The van der Waals surface area contributed by atoms with Crippen LogP contribution in [0.4, 0.5) is 5.69 Å². The summed E-state index contributed by atoms with van der Waals surface area (Å²) < 4.78 is 2.49. The molecule has 1 fully saturated rings. The van der Waals surface area contributed by atoms with Crippen LogP contribution in [0.2, 0.25) is 0 Å². The summed E-state index contributed by atoms with van der Waals surface area (Å²) in [6.07, 6.45) is 1.62. The van der Waals surface area contributed by atoms with Gasteiger partial charge < -0.3 is 10.0 Å². The summed E-state index contributed by atoms with van der Waals surface area (Å²) in [7, 11) is 0. The van der Waals surface area contributed by atoms with Gasteiger partial charge in [-0.2, -0.15) is 0 Å². The predicted octanol–water partition coefficient (Wildman–Crippen LogP) is 3.08. The van der Waals surface area contributed by atoms with Gasteiger partial charge in [-0.15, -0.1) is 0 Å². The average Bonchev–Trinajstić information content (AvgIpc) is 2.71. The number of hydrogen-bond acceptors (Lipinski definition) is 4. The number of rotatable bonds is 4. The number of anilines is 1. The standard InChI is InChI=1S/C21H20BrN3O3/c22-16-4-6-17(7-5-16)24-11-9-23(10-12-24)14-15-13-18(21(27)28)20(26)25-8-2-1-3-19(15)25/h1-8,13H,9-12,14H2,(H,27,28). The summed E-state index contributed by atoms with van der Waals surface area (Å²) in [5.74, 6) is -1.19. The van der Waals surface area contributed by atoms with Gasteiger partial charge in [0.2, 0.25) is 0 Å². The second-order valence-electron chi connectivity index (χ2n) is 6.89. The molecule has 6 nitrogen and oxygen atoms in total. The van der Waals surface area contributed by atoms with Gasteiger partial charge in [0.05, 0.1) is 5.52 Å². The lowest BCUT2D eigenvalue weighted by atomic mass is 10.1. The zero-order chi connectivity index (χ0) is 19.7. The van der Waals surface area contributed by atoms with Crippen molar-refractivity contribution in [3.63, 3.8) is 0 Å². The van der Waals surface area contributed by atoms with Crippen molar-refractivity contribution in [2.45, 2.75) is 6.54 Å². The minimum atomic E-state index is -1.19. The highest BCUT2D eigenvalue weighted by Gasteiger charge is 2.20. The van der Waals surface area contributed by atoms with E-state index >= 15 is 0 Å². The maximum absolute atomic E-state index is 12.4. The predicted molar refractivity (Wildman–Crippen MR) is 112 cm³/mol.